The molecule has 2 saturated carbocycles. The molecule has 9 nitrogen and oxygen atoms in total. The van der Waals surface area contributed by atoms with Gasteiger partial charge < -0.3 is 21.8 Å². The molecule has 9 heteroatoms. The summed E-state index contributed by atoms with van der Waals surface area (Å²) >= 11 is 0. The molecule has 0 aromatic carbocycles. The Morgan fingerprint density at radius 3 is 2.41 bits per heavy atom. The van der Waals surface area contributed by atoms with E-state index in [1.807, 2.05) is 0 Å². The minimum Gasteiger partial charge on any atom is -0.402 e. The maximum absolute atomic E-state index is 13.5. The number of nitrogens with zero attached hydrogens (tertiary/aromatic N) is 3. The van der Waals surface area contributed by atoms with E-state index < -0.39 is 6.04 Å². The second-order valence-electron chi connectivity index (χ2n) is 9.91. The number of anilines is 1. The molecule has 0 spiro atoms. The Morgan fingerprint density at radius 2 is 1.94 bits per heavy atom. The number of rotatable bonds is 9. The number of hydrogen-bond acceptors (Lipinski definition) is 6. The summed E-state index contributed by atoms with van der Waals surface area (Å²) in [7, 11) is 1.71. The normalized spacial score (nSPS) is 18.9. The van der Waals surface area contributed by atoms with Gasteiger partial charge in [-0.2, -0.15) is 5.10 Å². The summed E-state index contributed by atoms with van der Waals surface area (Å²) in [6, 6.07) is 4.47. The van der Waals surface area contributed by atoms with Gasteiger partial charge in [-0.05, 0) is 75.0 Å². The van der Waals surface area contributed by atoms with Crippen LogP contribution in [0.3, 0.4) is 0 Å². The van der Waals surface area contributed by atoms with Crippen LogP contribution in [0.25, 0.3) is 5.57 Å². The van der Waals surface area contributed by atoms with E-state index in [0.29, 0.717) is 40.0 Å². The van der Waals surface area contributed by atoms with E-state index in [-0.39, 0.29) is 23.1 Å². The first-order valence-corrected chi connectivity index (χ1v) is 11.7. The first-order chi connectivity index (χ1) is 16.1. The summed E-state index contributed by atoms with van der Waals surface area (Å²) in [5.41, 5.74) is 8.92. The number of amides is 2. The summed E-state index contributed by atoms with van der Waals surface area (Å²) in [5, 5.41) is 18.0. The summed E-state index contributed by atoms with van der Waals surface area (Å²) in [6.45, 7) is 5.61. The maximum atomic E-state index is 13.5. The van der Waals surface area contributed by atoms with Gasteiger partial charge >= 0.3 is 0 Å². The standard InChI is InChI=1S/C25H33N7O2/c1-14(26)20(15(2)27)18-8-7-17(13-28-18)30-24(34)22(21(16-5-6-16)25(3)10-11-25)31-23(33)19-9-12-29-32(19)4/h7-9,12-13,16,21-22,26H,5-6,10-11,27H2,1-4H3,(H,30,34)(H,31,33)/b20-15+,26-14?/t21?,22-/m0/s1. The highest BCUT2D eigenvalue weighted by Crippen LogP contribution is 2.60. The zero-order valence-electron chi connectivity index (χ0n) is 20.2. The first kappa shape index (κ1) is 23.7. The van der Waals surface area contributed by atoms with Gasteiger partial charge in [0.1, 0.15) is 11.7 Å². The number of pyridine rings is 1. The van der Waals surface area contributed by atoms with Gasteiger partial charge in [0.25, 0.3) is 5.91 Å². The lowest BCUT2D eigenvalue weighted by Crippen LogP contribution is -2.51. The van der Waals surface area contributed by atoms with Crippen molar-refractivity contribution >= 4 is 28.8 Å². The molecular formula is C25H33N7O2. The van der Waals surface area contributed by atoms with Gasteiger partial charge in [-0.25, -0.2) is 0 Å². The van der Waals surface area contributed by atoms with E-state index in [9.17, 15) is 9.59 Å². The number of hydrogen-bond donors (Lipinski definition) is 4. The molecule has 0 aliphatic heterocycles. The molecule has 2 fully saturated rings. The predicted molar refractivity (Wildman–Crippen MR) is 131 cm³/mol. The van der Waals surface area contributed by atoms with E-state index >= 15 is 0 Å². The molecule has 180 valence electrons. The quantitative estimate of drug-likeness (QED) is 0.423. The second-order valence-corrected chi connectivity index (χ2v) is 9.91. The van der Waals surface area contributed by atoms with Crippen LogP contribution in [0.5, 0.6) is 0 Å². The average molecular weight is 464 g/mol. The van der Waals surface area contributed by atoms with Crippen LogP contribution >= 0.6 is 0 Å². The molecule has 0 saturated heterocycles. The van der Waals surface area contributed by atoms with Gasteiger partial charge in [-0.15, -0.1) is 0 Å². The monoisotopic (exact) mass is 463 g/mol. The minimum absolute atomic E-state index is 0.0604. The van der Waals surface area contributed by atoms with Crippen LogP contribution in [-0.4, -0.2) is 38.3 Å². The number of aryl methyl sites for hydroxylation is 1. The summed E-state index contributed by atoms with van der Waals surface area (Å²) in [6.07, 6.45) is 7.42. The van der Waals surface area contributed by atoms with Gasteiger partial charge in [-0.3, -0.25) is 19.3 Å². The van der Waals surface area contributed by atoms with Crippen molar-refractivity contribution < 1.29 is 9.59 Å². The van der Waals surface area contributed by atoms with E-state index in [4.69, 9.17) is 11.1 Å². The molecular weight excluding hydrogens is 430 g/mol. The number of nitrogens with one attached hydrogen (secondary N) is 3. The second kappa shape index (κ2) is 9.04. The van der Waals surface area contributed by atoms with Crippen LogP contribution in [0.1, 0.15) is 62.6 Å². The zero-order chi connectivity index (χ0) is 24.6. The van der Waals surface area contributed by atoms with Crippen molar-refractivity contribution in [2.45, 2.75) is 52.5 Å². The molecule has 2 aliphatic carbocycles. The van der Waals surface area contributed by atoms with Crippen molar-refractivity contribution in [1.82, 2.24) is 20.1 Å². The van der Waals surface area contributed by atoms with Crippen LogP contribution in [-0.2, 0) is 11.8 Å². The topological polar surface area (TPSA) is 139 Å². The Labute approximate surface area is 199 Å². The van der Waals surface area contributed by atoms with Crippen molar-refractivity contribution in [3.63, 3.8) is 0 Å². The van der Waals surface area contributed by atoms with Crippen LogP contribution in [0.4, 0.5) is 5.69 Å². The molecule has 5 N–H and O–H groups in total. The molecule has 0 radical (unpaired) electrons. The lowest BCUT2D eigenvalue weighted by molar-refractivity contribution is -0.120. The number of nitrogens with two attached hydrogens (primary N) is 1. The molecule has 34 heavy (non-hydrogen) atoms. The minimum atomic E-state index is -0.660. The highest BCUT2D eigenvalue weighted by molar-refractivity contribution is 6.21. The fourth-order valence-corrected chi connectivity index (χ4v) is 4.89. The molecule has 2 atom stereocenters. The highest BCUT2D eigenvalue weighted by atomic mass is 16.2. The van der Waals surface area contributed by atoms with Crippen LogP contribution < -0.4 is 16.4 Å². The van der Waals surface area contributed by atoms with Gasteiger partial charge in [0.2, 0.25) is 5.91 Å². The van der Waals surface area contributed by atoms with Crippen molar-refractivity contribution in [3.05, 3.63) is 47.7 Å². The summed E-state index contributed by atoms with van der Waals surface area (Å²) in [5.74, 6) is -0.0411. The largest absolute Gasteiger partial charge is 0.402 e. The molecule has 2 aromatic heterocycles. The average Bonchev–Trinajstić information content (AvgIpc) is 3.69. The number of allylic oxidation sites excluding steroid dienone is 2. The third-order valence-electron chi connectivity index (χ3n) is 7.01. The van der Waals surface area contributed by atoms with Crippen molar-refractivity contribution in [2.75, 3.05) is 5.32 Å². The molecule has 4 rings (SSSR count). The van der Waals surface area contributed by atoms with Crippen LogP contribution in [0.2, 0.25) is 0 Å². The number of aromatic nitrogens is 3. The smallest absolute Gasteiger partial charge is 0.270 e. The predicted octanol–water partition coefficient (Wildman–Crippen LogP) is 3.11. The Kier molecular flexibility index (Phi) is 6.29. The van der Waals surface area contributed by atoms with Crippen LogP contribution in [0, 0.1) is 22.7 Å². The fraction of sp³-hybridized carbons (Fsp3) is 0.480. The van der Waals surface area contributed by atoms with Gasteiger partial charge in [-0.1, -0.05) is 6.92 Å². The maximum Gasteiger partial charge on any atom is 0.270 e. The molecule has 1 unspecified atom stereocenters. The number of carbonyl (C=O) groups excluding carboxylic acids is 2. The lowest BCUT2D eigenvalue weighted by atomic mass is 9.80. The highest BCUT2D eigenvalue weighted by Gasteiger charge is 2.55. The Bertz CT molecular complexity index is 1140. The van der Waals surface area contributed by atoms with Crippen LogP contribution in [0.15, 0.2) is 36.3 Å². The Balaban J connectivity index is 1.57. The van der Waals surface area contributed by atoms with Gasteiger partial charge in [0, 0.05) is 30.2 Å². The molecule has 0 bridgehead atoms. The van der Waals surface area contributed by atoms with Gasteiger partial charge in [0.15, 0.2) is 0 Å². The summed E-state index contributed by atoms with van der Waals surface area (Å²) in [4.78, 5) is 31.0. The third-order valence-corrected chi connectivity index (χ3v) is 7.01. The number of carbonyl (C=O) groups is 2. The van der Waals surface area contributed by atoms with Crippen molar-refractivity contribution in [1.29, 1.82) is 5.41 Å². The van der Waals surface area contributed by atoms with Crippen molar-refractivity contribution in [2.24, 2.45) is 30.0 Å². The fourth-order valence-electron chi connectivity index (χ4n) is 4.89. The Morgan fingerprint density at radius 1 is 1.24 bits per heavy atom. The molecule has 2 amide bonds. The summed E-state index contributed by atoms with van der Waals surface area (Å²) < 4.78 is 1.51. The lowest BCUT2D eigenvalue weighted by Gasteiger charge is -2.32. The molecule has 2 heterocycles. The third kappa shape index (κ3) is 4.88. The Hall–Kier alpha value is -3.49. The molecule has 2 aliphatic rings. The zero-order valence-corrected chi connectivity index (χ0v) is 20.2. The SMILES string of the molecule is CC(=N)/C(=C(/C)N)c1ccc(NC(=O)[C@@H](NC(=O)c2ccnn2C)C(C2CC2)C2(C)CC2)cn1. The first-order valence-electron chi connectivity index (χ1n) is 11.7. The van der Waals surface area contributed by atoms with E-state index in [1.165, 1.54) is 4.68 Å². The van der Waals surface area contributed by atoms with Crippen molar-refractivity contribution in [3.8, 4) is 0 Å². The van der Waals surface area contributed by atoms with E-state index in [0.717, 1.165) is 25.7 Å². The van der Waals surface area contributed by atoms with E-state index in [1.54, 1.807) is 51.5 Å². The van der Waals surface area contributed by atoms with Gasteiger partial charge in [0.05, 0.1) is 17.6 Å². The van der Waals surface area contributed by atoms with E-state index in [2.05, 4.69) is 27.6 Å². The molecule has 2 aromatic rings.